The van der Waals surface area contributed by atoms with E-state index in [2.05, 4.69) is 5.32 Å². The highest BCUT2D eigenvalue weighted by Crippen LogP contribution is 2.20. The zero-order valence-electron chi connectivity index (χ0n) is 13.4. The summed E-state index contributed by atoms with van der Waals surface area (Å²) >= 11 is 5.88. The second-order valence-electron chi connectivity index (χ2n) is 6.19. The van der Waals surface area contributed by atoms with Gasteiger partial charge in [0.25, 0.3) is 5.91 Å². The van der Waals surface area contributed by atoms with Crippen molar-refractivity contribution in [3.8, 4) is 0 Å². The van der Waals surface area contributed by atoms with E-state index >= 15 is 0 Å². The Morgan fingerprint density at radius 2 is 1.50 bits per heavy atom. The maximum absolute atomic E-state index is 12.8. The van der Waals surface area contributed by atoms with E-state index < -0.39 is 0 Å². The van der Waals surface area contributed by atoms with E-state index in [9.17, 15) is 9.59 Å². The minimum Gasteiger partial charge on any atom is -0.349 e. The molecule has 0 radical (unpaired) electrons. The van der Waals surface area contributed by atoms with Gasteiger partial charge in [-0.2, -0.15) is 0 Å². The van der Waals surface area contributed by atoms with Gasteiger partial charge in [-0.25, -0.2) is 0 Å². The number of rotatable bonds is 4. The lowest BCUT2D eigenvalue weighted by atomic mass is 9.94. The molecule has 0 bridgehead atoms. The predicted molar refractivity (Wildman–Crippen MR) is 95.7 cm³/mol. The smallest absolute Gasteiger partial charge is 0.252 e. The van der Waals surface area contributed by atoms with Crippen molar-refractivity contribution in [2.75, 3.05) is 0 Å². The molecule has 0 unspecified atom stereocenters. The minimum atomic E-state index is -0.167. The van der Waals surface area contributed by atoms with Gasteiger partial charge in [-0.1, -0.05) is 49.1 Å². The van der Waals surface area contributed by atoms with E-state index in [1.807, 2.05) is 0 Å². The molecule has 0 spiro atoms. The Morgan fingerprint density at radius 1 is 0.875 bits per heavy atom. The van der Waals surface area contributed by atoms with Gasteiger partial charge in [-0.3, -0.25) is 9.59 Å². The van der Waals surface area contributed by atoms with Gasteiger partial charge in [-0.15, -0.1) is 0 Å². The number of halogens is 1. The maximum Gasteiger partial charge on any atom is 0.252 e. The lowest BCUT2D eigenvalue weighted by Crippen LogP contribution is -2.36. The van der Waals surface area contributed by atoms with Gasteiger partial charge < -0.3 is 5.32 Å². The van der Waals surface area contributed by atoms with Crippen LogP contribution in [0.5, 0.6) is 0 Å². The molecule has 0 saturated heterocycles. The summed E-state index contributed by atoms with van der Waals surface area (Å²) in [7, 11) is 0. The summed E-state index contributed by atoms with van der Waals surface area (Å²) in [4.78, 5) is 25.4. The predicted octanol–water partition coefficient (Wildman–Crippen LogP) is 4.63. The van der Waals surface area contributed by atoms with Gasteiger partial charge in [0.05, 0.1) is 5.56 Å². The summed E-state index contributed by atoms with van der Waals surface area (Å²) in [6.07, 6.45) is 5.56. The lowest BCUT2D eigenvalue weighted by Gasteiger charge is -2.23. The van der Waals surface area contributed by atoms with Crippen molar-refractivity contribution in [3.63, 3.8) is 0 Å². The number of carbonyl (C=O) groups excluding carboxylic acids is 2. The van der Waals surface area contributed by atoms with E-state index in [1.165, 1.54) is 6.42 Å². The van der Waals surface area contributed by atoms with Crippen LogP contribution in [-0.4, -0.2) is 17.7 Å². The van der Waals surface area contributed by atoms with Gasteiger partial charge in [0.15, 0.2) is 5.78 Å². The van der Waals surface area contributed by atoms with Crippen LogP contribution in [0.1, 0.15) is 58.4 Å². The molecule has 4 heteroatoms. The standard InChI is InChI=1S/C20H20ClNO2/c21-15-12-10-14(11-13-15)19(23)17-8-4-5-9-18(17)20(24)22-16-6-2-1-3-7-16/h4-5,8-13,16H,1-3,6-7H2,(H,22,24). The van der Waals surface area contributed by atoms with Gasteiger partial charge in [0.1, 0.15) is 0 Å². The second-order valence-corrected chi connectivity index (χ2v) is 6.63. The Morgan fingerprint density at radius 3 is 2.17 bits per heavy atom. The lowest BCUT2D eigenvalue weighted by molar-refractivity contribution is 0.0918. The van der Waals surface area contributed by atoms with E-state index in [0.29, 0.717) is 21.7 Å². The first-order valence-corrected chi connectivity index (χ1v) is 8.73. The highest BCUT2D eigenvalue weighted by Gasteiger charge is 2.21. The zero-order chi connectivity index (χ0) is 16.9. The zero-order valence-corrected chi connectivity index (χ0v) is 14.2. The van der Waals surface area contributed by atoms with Crippen molar-refractivity contribution in [1.82, 2.24) is 5.32 Å². The second kappa shape index (κ2) is 7.63. The maximum atomic E-state index is 12.8. The van der Waals surface area contributed by atoms with Crippen molar-refractivity contribution in [2.24, 2.45) is 0 Å². The molecular formula is C20H20ClNO2. The quantitative estimate of drug-likeness (QED) is 0.824. The number of carbonyl (C=O) groups is 2. The fourth-order valence-electron chi connectivity index (χ4n) is 3.15. The van der Waals surface area contributed by atoms with Crippen molar-refractivity contribution < 1.29 is 9.59 Å². The Balaban J connectivity index is 1.83. The summed E-state index contributed by atoms with van der Waals surface area (Å²) in [5.74, 6) is -0.333. The van der Waals surface area contributed by atoms with Crippen LogP contribution in [0.25, 0.3) is 0 Å². The van der Waals surface area contributed by atoms with Crippen LogP contribution in [0.3, 0.4) is 0 Å². The van der Waals surface area contributed by atoms with Crippen LogP contribution in [0.2, 0.25) is 5.02 Å². The first-order chi connectivity index (χ1) is 11.6. The Hall–Kier alpha value is -2.13. The molecule has 1 aliphatic carbocycles. The van der Waals surface area contributed by atoms with Gasteiger partial charge in [0.2, 0.25) is 0 Å². The number of amides is 1. The van der Waals surface area contributed by atoms with Crippen LogP contribution in [0, 0.1) is 0 Å². The number of nitrogens with one attached hydrogen (secondary N) is 1. The molecule has 0 aromatic heterocycles. The van der Waals surface area contributed by atoms with Crippen LogP contribution in [-0.2, 0) is 0 Å². The molecule has 0 aliphatic heterocycles. The molecule has 1 amide bonds. The molecule has 0 atom stereocenters. The third-order valence-corrected chi connectivity index (χ3v) is 4.72. The van der Waals surface area contributed by atoms with Gasteiger partial charge in [0, 0.05) is 22.2 Å². The van der Waals surface area contributed by atoms with E-state index in [-0.39, 0.29) is 17.7 Å². The van der Waals surface area contributed by atoms with Crippen molar-refractivity contribution in [2.45, 2.75) is 38.1 Å². The van der Waals surface area contributed by atoms with Crippen LogP contribution >= 0.6 is 11.6 Å². The largest absolute Gasteiger partial charge is 0.349 e. The van der Waals surface area contributed by atoms with Gasteiger partial charge >= 0.3 is 0 Å². The molecule has 1 aliphatic rings. The molecular weight excluding hydrogens is 322 g/mol. The minimum absolute atomic E-state index is 0.166. The number of ketones is 1. The molecule has 1 saturated carbocycles. The Kier molecular flexibility index (Phi) is 5.31. The van der Waals surface area contributed by atoms with Crippen molar-refractivity contribution >= 4 is 23.3 Å². The van der Waals surface area contributed by atoms with E-state index in [4.69, 9.17) is 11.6 Å². The SMILES string of the molecule is O=C(NC1CCCCC1)c1ccccc1C(=O)c1ccc(Cl)cc1. The summed E-state index contributed by atoms with van der Waals surface area (Å²) in [6.45, 7) is 0. The monoisotopic (exact) mass is 341 g/mol. The van der Waals surface area contributed by atoms with Crippen molar-refractivity contribution in [3.05, 3.63) is 70.2 Å². The topological polar surface area (TPSA) is 46.2 Å². The summed E-state index contributed by atoms with van der Waals surface area (Å²) in [5.41, 5.74) is 1.38. The molecule has 24 heavy (non-hydrogen) atoms. The Labute approximate surface area is 147 Å². The molecule has 2 aromatic carbocycles. The summed E-state index contributed by atoms with van der Waals surface area (Å²) in [6, 6.07) is 13.9. The van der Waals surface area contributed by atoms with Crippen molar-refractivity contribution in [1.29, 1.82) is 0 Å². The van der Waals surface area contributed by atoms with Crippen LogP contribution in [0.15, 0.2) is 48.5 Å². The fraction of sp³-hybridized carbons (Fsp3) is 0.300. The molecule has 2 aromatic rings. The highest BCUT2D eigenvalue weighted by atomic mass is 35.5. The number of hydrogen-bond acceptors (Lipinski definition) is 2. The number of hydrogen-bond donors (Lipinski definition) is 1. The summed E-state index contributed by atoms with van der Waals surface area (Å²) < 4.78 is 0. The highest BCUT2D eigenvalue weighted by molar-refractivity contribution is 6.30. The molecule has 3 nitrogen and oxygen atoms in total. The average Bonchev–Trinajstić information content (AvgIpc) is 2.62. The third kappa shape index (κ3) is 3.85. The summed E-state index contributed by atoms with van der Waals surface area (Å²) in [5, 5.41) is 3.66. The van der Waals surface area contributed by atoms with Crippen LogP contribution in [0.4, 0.5) is 0 Å². The molecule has 1 fully saturated rings. The first-order valence-electron chi connectivity index (χ1n) is 8.35. The molecule has 1 N–H and O–H groups in total. The normalized spacial score (nSPS) is 15.0. The van der Waals surface area contributed by atoms with E-state index in [1.54, 1.807) is 48.5 Å². The van der Waals surface area contributed by atoms with E-state index in [0.717, 1.165) is 25.7 Å². The fourth-order valence-corrected chi connectivity index (χ4v) is 3.27. The van der Waals surface area contributed by atoms with Gasteiger partial charge in [-0.05, 0) is 43.2 Å². The Bertz CT molecular complexity index is 734. The molecule has 3 rings (SSSR count). The van der Waals surface area contributed by atoms with Crippen LogP contribution < -0.4 is 5.32 Å². The third-order valence-electron chi connectivity index (χ3n) is 4.46. The average molecular weight is 342 g/mol. The first kappa shape index (κ1) is 16.7. The number of benzene rings is 2. The molecule has 124 valence electrons. The molecule has 0 heterocycles.